The molecule has 1 N–H and O–H groups in total. The number of nitrogens with one attached hydrogen (secondary N) is 1. The Hall–Kier alpha value is -1.35. The van der Waals surface area contributed by atoms with Crippen LogP contribution in [0.5, 0.6) is 0 Å². The molecule has 18 heavy (non-hydrogen) atoms. The molecule has 0 aromatic heterocycles. The van der Waals surface area contributed by atoms with Crippen LogP contribution >= 0.6 is 11.6 Å². The summed E-state index contributed by atoms with van der Waals surface area (Å²) in [5, 5.41) is 2.82. The van der Waals surface area contributed by atoms with Crippen LogP contribution in [0.4, 0.5) is 10.1 Å². The SMILES string of the molecule is O=C(Nc1ccc(F)cc1Cl)c1ccccc1[SeH]. The molecule has 0 spiro atoms. The van der Waals surface area contributed by atoms with Gasteiger partial charge in [0, 0.05) is 0 Å². The van der Waals surface area contributed by atoms with Gasteiger partial charge in [-0.25, -0.2) is 0 Å². The normalized spacial score (nSPS) is 10.2. The Morgan fingerprint density at radius 2 is 1.94 bits per heavy atom. The molecule has 0 aliphatic heterocycles. The molecule has 0 radical (unpaired) electrons. The van der Waals surface area contributed by atoms with Crippen molar-refractivity contribution in [1.82, 2.24) is 0 Å². The topological polar surface area (TPSA) is 29.1 Å². The molecule has 0 bridgehead atoms. The van der Waals surface area contributed by atoms with Crippen LogP contribution in [-0.2, 0) is 0 Å². The zero-order valence-electron chi connectivity index (χ0n) is 9.15. The van der Waals surface area contributed by atoms with Crippen molar-refractivity contribution in [3.63, 3.8) is 0 Å². The van der Waals surface area contributed by atoms with Crippen LogP contribution in [0.3, 0.4) is 0 Å². The van der Waals surface area contributed by atoms with E-state index in [9.17, 15) is 9.18 Å². The first-order valence-electron chi connectivity index (χ1n) is 5.12. The van der Waals surface area contributed by atoms with Crippen molar-refractivity contribution in [3.8, 4) is 0 Å². The molecule has 0 saturated carbocycles. The molecule has 0 saturated heterocycles. The second kappa shape index (κ2) is 5.53. The summed E-state index contributed by atoms with van der Waals surface area (Å²) < 4.78 is 13.7. The van der Waals surface area contributed by atoms with E-state index in [1.807, 2.05) is 12.1 Å². The maximum absolute atomic E-state index is 12.9. The molecule has 0 fully saturated rings. The molecule has 0 atom stereocenters. The van der Waals surface area contributed by atoms with Crippen molar-refractivity contribution >= 4 is 43.7 Å². The average molecular weight is 329 g/mol. The number of hydrogen-bond acceptors (Lipinski definition) is 1. The van der Waals surface area contributed by atoms with Crippen LogP contribution in [0, 0.1) is 5.82 Å². The zero-order valence-corrected chi connectivity index (χ0v) is 11.8. The third-order valence-electron chi connectivity index (χ3n) is 2.33. The second-order valence-corrected chi connectivity index (χ2v) is 5.01. The van der Waals surface area contributed by atoms with Crippen LogP contribution in [0.15, 0.2) is 42.5 Å². The summed E-state index contributed by atoms with van der Waals surface area (Å²) in [5.41, 5.74) is 0.928. The molecule has 5 heteroatoms. The van der Waals surface area contributed by atoms with Gasteiger partial charge in [0.25, 0.3) is 0 Å². The summed E-state index contributed by atoms with van der Waals surface area (Å²) in [6.07, 6.45) is 0. The Kier molecular flexibility index (Phi) is 4.02. The van der Waals surface area contributed by atoms with Crippen LogP contribution in [0.2, 0.25) is 5.02 Å². The number of anilines is 1. The van der Waals surface area contributed by atoms with Crippen molar-refractivity contribution < 1.29 is 9.18 Å². The van der Waals surface area contributed by atoms with E-state index in [4.69, 9.17) is 11.6 Å². The number of carbonyl (C=O) groups is 1. The summed E-state index contributed by atoms with van der Waals surface area (Å²) in [4.78, 5) is 12.0. The van der Waals surface area contributed by atoms with E-state index in [1.54, 1.807) is 12.1 Å². The number of carbonyl (C=O) groups excluding carboxylic acids is 1. The van der Waals surface area contributed by atoms with Gasteiger partial charge in [-0.15, -0.1) is 0 Å². The van der Waals surface area contributed by atoms with Gasteiger partial charge >= 0.3 is 117 Å². The molecule has 2 aromatic carbocycles. The molecule has 0 heterocycles. The fourth-order valence-electron chi connectivity index (χ4n) is 1.45. The van der Waals surface area contributed by atoms with Crippen molar-refractivity contribution in [2.24, 2.45) is 0 Å². The number of hydrogen-bond donors (Lipinski definition) is 1. The van der Waals surface area contributed by atoms with E-state index in [2.05, 4.69) is 21.3 Å². The molecule has 0 unspecified atom stereocenters. The Labute approximate surface area is 117 Å². The van der Waals surface area contributed by atoms with Gasteiger partial charge in [-0.05, 0) is 0 Å². The molecule has 92 valence electrons. The Balaban J connectivity index is 2.24. The predicted octanol–water partition coefficient (Wildman–Crippen LogP) is 2.26. The van der Waals surface area contributed by atoms with E-state index in [1.165, 1.54) is 12.1 Å². The fraction of sp³-hybridized carbons (Fsp3) is 0. The summed E-state index contributed by atoms with van der Waals surface area (Å²) in [6.45, 7) is 0. The third kappa shape index (κ3) is 2.91. The minimum atomic E-state index is -0.439. The second-order valence-electron chi connectivity index (χ2n) is 3.60. The van der Waals surface area contributed by atoms with E-state index >= 15 is 0 Å². The summed E-state index contributed by atoms with van der Waals surface area (Å²) in [5.74, 6) is -0.717. The third-order valence-corrected chi connectivity index (χ3v) is 3.46. The quantitative estimate of drug-likeness (QED) is 0.842. The number of halogens is 2. The fourth-order valence-corrected chi connectivity index (χ4v) is 2.21. The first-order chi connectivity index (χ1) is 8.58. The number of rotatable bonds is 2. The van der Waals surface area contributed by atoms with Crippen LogP contribution in [0.1, 0.15) is 10.4 Å². The first kappa shape index (κ1) is 13.1. The summed E-state index contributed by atoms with van der Waals surface area (Å²) in [7, 11) is 0. The van der Waals surface area contributed by atoms with Crippen LogP contribution < -0.4 is 9.78 Å². The average Bonchev–Trinajstić information content (AvgIpc) is 2.33. The van der Waals surface area contributed by atoms with E-state index in [-0.39, 0.29) is 10.9 Å². The Morgan fingerprint density at radius 3 is 2.61 bits per heavy atom. The Morgan fingerprint density at radius 1 is 1.22 bits per heavy atom. The van der Waals surface area contributed by atoms with Gasteiger partial charge in [0.2, 0.25) is 0 Å². The molecule has 1 amide bonds. The molecule has 2 rings (SSSR count). The van der Waals surface area contributed by atoms with Crippen molar-refractivity contribution in [2.75, 3.05) is 5.32 Å². The van der Waals surface area contributed by atoms with Gasteiger partial charge in [-0.2, -0.15) is 0 Å². The van der Waals surface area contributed by atoms with Crippen molar-refractivity contribution in [1.29, 1.82) is 0 Å². The minimum absolute atomic E-state index is 0.173. The van der Waals surface area contributed by atoms with Crippen molar-refractivity contribution in [2.45, 2.75) is 0 Å². The Bertz CT molecular complexity index is 603. The molecule has 0 aliphatic rings. The van der Waals surface area contributed by atoms with Crippen LogP contribution in [0.25, 0.3) is 0 Å². The van der Waals surface area contributed by atoms with Gasteiger partial charge < -0.3 is 0 Å². The van der Waals surface area contributed by atoms with Gasteiger partial charge in [0.1, 0.15) is 0 Å². The standard InChI is InChI=1S/C13H9ClFNOSe/c14-10-7-8(15)5-6-11(10)16-13(17)9-3-1-2-4-12(9)18/h1-7,18H,(H,16,17). The van der Waals surface area contributed by atoms with Crippen LogP contribution in [-0.4, -0.2) is 21.9 Å². The molecule has 0 aliphatic carbocycles. The molecular formula is C13H9ClFNOSe. The molecular weight excluding hydrogens is 320 g/mol. The number of benzene rings is 2. The molecule has 2 nitrogen and oxygen atoms in total. The van der Waals surface area contributed by atoms with E-state index in [0.717, 1.165) is 10.5 Å². The zero-order chi connectivity index (χ0) is 13.1. The maximum atomic E-state index is 12.9. The van der Waals surface area contributed by atoms with Gasteiger partial charge in [-0.3, -0.25) is 0 Å². The number of amides is 1. The monoisotopic (exact) mass is 329 g/mol. The van der Waals surface area contributed by atoms with Gasteiger partial charge in [0.05, 0.1) is 0 Å². The molecule has 2 aromatic rings. The predicted molar refractivity (Wildman–Crippen MR) is 72.6 cm³/mol. The van der Waals surface area contributed by atoms with Gasteiger partial charge in [0.15, 0.2) is 0 Å². The summed E-state index contributed by atoms with van der Waals surface area (Å²) >= 11 is 8.17. The van der Waals surface area contributed by atoms with E-state index < -0.39 is 5.82 Å². The van der Waals surface area contributed by atoms with E-state index in [0.29, 0.717) is 11.3 Å². The van der Waals surface area contributed by atoms with Gasteiger partial charge in [-0.1, -0.05) is 0 Å². The van der Waals surface area contributed by atoms with Crippen molar-refractivity contribution in [3.05, 3.63) is 58.9 Å². The summed E-state index contributed by atoms with van der Waals surface area (Å²) in [6, 6.07) is 11.0. The first-order valence-corrected chi connectivity index (χ1v) is 6.44.